The highest BCUT2D eigenvalue weighted by Crippen LogP contribution is 2.54. The minimum Gasteiger partial charge on any atom is -0.462 e. The van der Waals surface area contributed by atoms with E-state index in [0.29, 0.717) is 12.5 Å². The fraction of sp³-hybridized carbons (Fsp3) is 0.833. The van der Waals surface area contributed by atoms with Gasteiger partial charge in [0.25, 0.3) is 0 Å². The fourth-order valence-electron chi connectivity index (χ4n) is 4.81. The van der Waals surface area contributed by atoms with Gasteiger partial charge in [-0.25, -0.2) is 0 Å². The van der Waals surface area contributed by atoms with E-state index in [1.165, 1.54) is 19.3 Å². The first-order valence-corrected chi connectivity index (χ1v) is 8.76. The van der Waals surface area contributed by atoms with Gasteiger partial charge in [0.15, 0.2) is 0 Å². The Bertz CT molecular complexity index is 473. The van der Waals surface area contributed by atoms with Crippen molar-refractivity contribution in [3.05, 3.63) is 11.1 Å². The zero-order chi connectivity index (χ0) is 15.7. The predicted octanol–water partition coefficient (Wildman–Crippen LogP) is 2.42. The van der Waals surface area contributed by atoms with Gasteiger partial charge in [0.1, 0.15) is 6.10 Å². The van der Waals surface area contributed by atoms with Crippen LogP contribution >= 0.6 is 0 Å². The van der Waals surface area contributed by atoms with Crippen molar-refractivity contribution in [3.63, 3.8) is 0 Å². The number of carbonyl (C=O) groups excluding carboxylic acids is 1. The number of nitrogens with one attached hydrogen (secondary N) is 1. The maximum atomic E-state index is 12.3. The summed E-state index contributed by atoms with van der Waals surface area (Å²) in [6.07, 6.45) is 6.60. The van der Waals surface area contributed by atoms with E-state index in [9.17, 15) is 4.79 Å². The lowest BCUT2D eigenvalue weighted by Crippen LogP contribution is -2.40. The van der Waals surface area contributed by atoms with Gasteiger partial charge in [-0.3, -0.25) is 4.79 Å². The number of ether oxygens (including phenoxy) is 1. The number of hydrogen-bond donors (Lipinski definition) is 2. The Labute approximate surface area is 133 Å². The largest absolute Gasteiger partial charge is 0.462 e. The maximum absolute atomic E-state index is 12.3. The summed E-state index contributed by atoms with van der Waals surface area (Å²) in [5, 5.41) is 12.2. The number of carbonyl (C=O) groups is 1. The van der Waals surface area contributed by atoms with Crippen molar-refractivity contribution in [2.75, 3.05) is 19.7 Å². The van der Waals surface area contributed by atoms with Crippen molar-refractivity contribution in [1.82, 2.24) is 5.32 Å². The first-order chi connectivity index (χ1) is 10.5. The van der Waals surface area contributed by atoms with Gasteiger partial charge in [0.2, 0.25) is 0 Å². The molecule has 1 saturated heterocycles. The van der Waals surface area contributed by atoms with Crippen LogP contribution in [0, 0.1) is 17.3 Å². The van der Waals surface area contributed by atoms with Gasteiger partial charge in [-0.1, -0.05) is 18.1 Å². The standard InChI is InChI=1S/C18H29NO3/c1-12-5-3-6-18(2)10-16-13(9-15(12)18)14(17(21)22-16)11-19-7-4-8-20/h13-14,16,19-20H,3-11H2,1-2H3/t13-,14?,16-,18-/m1/s1. The van der Waals surface area contributed by atoms with Crippen LogP contribution in [0.1, 0.15) is 52.4 Å². The monoisotopic (exact) mass is 307 g/mol. The summed E-state index contributed by atoms with van der Waals surface area (Å²) in [6.45, 7) is 6.28. The average molecular weight is 307 g/mol. The third-order valence-electron chi connectivity index (χ3n) is 6.06. The van der Waals surface area contributed by atoms with Gasteiger partial charge in [0.05, 0.1) is 5.92 Å². The molecule has 0 bridgehead atoms. The van der Waals surface area contributed by atoms with E-state index in [1.807, 2.05) is 0 Å². The minimum absolute atomic E-state index is 0.0181. The van der Waals surface area contributed by atoms with Gasteiger partial charge in [0, 0.05) is 19.1 Å². The lowest BCUT2D eigenvalue weighted by atomic mass is 9.59. The van der Waals surface area contributed by atoms with Crippen molar-refractivity contribution >= 4 is 5.97 Å². The quantitative estimate of drug-likeness (QED) is 0.465. The summed E-state index contributed by atoms with van der Waals surface area (Å²) in [4.78, 5) is 12.3. The predicted molar refractivity (Wildman–Crippen MR) is 85.3 cm³/mol. The number of fused-ring (bicyclic) bond motifs is 2. The molecule has 1 heterocycles. The third-order valence-corrected chi connectivity index (χ3v) is 6.06. The van der Waals surface area contributed by atoms with E-state index in [-0.39, 0.29) is 30.0 Å². The average Bonchev–Trinajstić information content (AvgIpc) is 2.76. The molecule has 2 aliphatic carbocycles. The van der Waals surface area contributed by atoms with E-state index in [2.05, 4.69) is 19.2 Å². The number of esters is 1. The van der Waals surface area contributed by atoms with Crippen molar-refractivity contribution in [1.29, 1.82) is 0 Å². The van der Waals surface area contributed by atoms with E-state index in [4.69, 9.17) is 9.84 Å². The molecule has 3 rings (SSSR count). The second kappa shape index (κ2) is 6.32. The van der Waals surface area contributed by atoms with Crippen LogP contribution in [-0.2, 0) is 9.53 Å². The second-order valence-electron chi connectivity index (χ2n) is 7.61. The van der Waals surface area contributed by atoms with Crippen LogP contribution in [0.25, 0.3) is 0 Å². The van der Waals surface area contributed by atoms with Gasteiger partial charge >= 0.3 is 5.97 Å². The zero-order valence-corrected chi connectivity index (χ0v) is 13.9. The van der Waals surface area contributed by atoms with E-state index in [1.54, 1.807) is 11.1 Å². The maximum Gasteiger partial charge on any atom is 0.310 e. The number of aliphatic hydroxyl groups is 1. The van der Waals surface area contributed by atoms with Crippen LogP contribution in [-0.4, -0.2) is 36.9 Å². The number of aliphatic hydroxyl groups excluding tert-OH is 1. The number of allylic oxidation sites excluding steroid dienone is 2. The molecule has 0 aromatic heterocycles. The zero-order valence-electron chi connectivity index (χ0n) is 13.9. The number of hydrogen-bond acceptors (Lipinski definition) is 4. The Morgan fingerprint density at radius 1 is 1.45 bits per heavy atom. The fourth-order valence-corrected chi connectivity index (χ4v) is 4.81. The highest BCUT2D eigenvalue weighted by Gasteiger charge is 2.52. The van der Waals surface area contributed by atoms with E-state index >= 15 is 0 Å². The normalized spacial score (nSPS) is 37.8. The second-order valence-corrected chi connectivity index (χ2v) is 7.61. The molecule has 3 aliphatic rings. The molecule has 4 atom stereocenters. The molecular weight excluding hydrogens is 278 g/mol. The molecule has 1 aliphatic heterocycles. The number of rotatable bonds is 5. The van der Waals surface area contributed by atoms with Gasteiger partial charge in [-0.05, 0) is 57.4 Å². The molecule has 0 radical (unpaired) electrons. The Morgan fingerprint density at radius 3 is 3.05 bits per heavy atom. The van der Waals surface area contributed by atoms with Crippen LogP contribution in [0.4, 0.5) is 0 Å². The summed E-state index contributed by atoms with van der Waals surface area (Å²) in [5.41, 5.74) is 3.42. The van der Waals surface area contributed by atoms with E-state index < -0.39 is 0 Å². The molecule has 1 saturated carbocycles. The molecule has 2 N–H and O–H groups in total. The summed E-state index contributed by atoms with van der Waals surface area (Å²) in [5.74, 6) is 0.299. The Kier molecular flexibility index (Phi) is 4.60. The molecule has 124 valence electrons. The van der Waals surface area contributed by atoms with Crippen molar-refractivity contribution in [2.45, 2.75) is 58.5 Å². The Hall–Kier alpha value is -0.870. The van der Waals surface area contributed by atoms with Crippen LogP contribution in [0.5, 0.6) is 0 Å². The van der Waals surface area contributed by atoms with Gasteiger partial charge in [-0.2, -0.15) is 0 Å². The van der Waals surface area contributed by atoms with Gasteiger partial charge < -0.3 is 15.2 Å². The van der Waals surface area contributed by atoms with Crippen LogP contribution in [0.2, 0.25) is 0 Å². The summed E-state index contributed by atoms with van der Waals surface area (Å²) < 4.78 is 5.73. The van der Waals surface area contributed by atoms with E-state index in [0.717, 1.165) is 25.8 Å². The molecule has 0 aromatic rings. The van der Waals surface area contributed by atoms with Crippen molar-refractivity contribution < 1.29 is 14.6 Å². The summed E-state index contributed by atoms with van der Waals surface area (Å²) in [7, 11) is 0. The molecule has 1 unspecified atom stereocenters. The van der Waals surface area contributed by atoms with Crippen molar-refractivity contribution in [2.24, 2.45) is 17.3 Å². The Morgan fingerprint density at radius 2 is 2.27 bits per heavy atom. The lowest BCUT2D eigenvalue weighted by molar-refractivity contribution is -0.145. The van der Waals surface area contributed by atoms with Crippen molar-refractivity contribution in [3.8, 4) is 0 Å². The van der Waals surface area contributed by atoms with Crippen LogP contribution in [0.15, 0.2) is 11.1 Å². The molecule has 0 aromatic carbocycles. The summed E-state index contributed by atoms with van der Waals surface area (Å²) in [6, 6.07) is 0. The highest BCUT2D eigenvalue weighted by atomic mass is 16.6. The molecule has 2 fully saturated rings. The topological polar surface area (TPSA) is 58.6 Å². The van der Waals surface area contributed by atoms with Crippen LogP contribution in [0.3, 0.4) is 0 Å². The first kappa shape index (κ1) is 16.0. The van der Waals surface area contributed by atoms with Crippen LogP contribution < -0.4 is 5.32 Å². The van der Waals surface area contributed by atoms with Gasteiger partial charge in [-0.15, -0.1) is 0 Å². The minimum atomic E-state index is -0.0213. The lowest BCUT2D eigenvalue weighted by Gasteiger charge is -2.45. The molecule has 4 heteroatoms. The smallest absolute Gasteiger partial charge is 0.310 e. The SMILES string of the molecule is CC1=C2C[C@@H]3C(CNCCCO)C(=O)O[C@@H]3C[C@@]2(C)CCC1. The molecule has 4 nitrogen and oxygen atoms in total. The highest BCUT2D eigenvalue weighted by molar-refractivity contribution is 5.76. The first-order valence-electron chi connectivity index (χ1n) is 8.76. The molecule has 0 spiro atoms. The molecule has 22 heavy (non-hydrogen) atoms. The molecular formula is C18H29NO3. The summed E-state index contributed by atoms with van der Waals surface area (Å²) >= 11 is 0. The third kappa shape index (κ3) is 2.83. The Balaban J connectivity index is 1.71. The molecule has 0 amide bonds.